The summed E-state index contributed by atoms with van der Waals surface area (Å²) in [6.07, 6.45) is 4.18. The Bertz CT molecular complexity index is 738. The lowest BCUT2D eigenvalue weighted by molar-refractivity contribution is -0.143. The largest absolute Gasteiger partial charge is 0.480 e. The molecule has 1 aromatic rings. The average Bonchev–Trinajstić information content (AvgIpc) is 3.26. The van der Waals surface area contributed by atoms with E-state index in [1.807, 2.05) is 13.8 Å². The first kappa shape index (κ1) is 26.1. The second-order valence-corrected chi connectivity index (χ2v) is 7.69. The Kier molecular flexibility index (Phi) is 10.7. The van der Waals surface area contributed by atoms with Gasteiger partial charge in [0.25, 0.3) is 0 Å². The first-order valence-electron chi connectivity index (χ1n) is 10.4. The van der Waals surface area contributed by atoms with Crippen LogP contribution in [0.15, 0.2) is 12.5 Å². The molecule has 5 unspecified atom stereocenters. The van der Waals surface area contributed by atoms with E-state index in [1.165, 1.54) is 12.5 Å². The van der Waals surface area contributed by atoms with E-state index in [-0.39, 0.29) is 24.8 Å². The minimum absolute atomic E-state index is 0.0719. The van der Waals surface area contributed by atoms with Gasteiger partial charge in [0.15, 0.2) is 0 Å². The molecule has 0 aliphatic carbocycles. The van der Waals surface area contributed by atoms with Crippen LogP contribution in [0.25, 0.3) is 0 Å². The summed E-state index contributed by atoms with van der Waals surface area (Å²) in [6, 6.07) is -3.05. The molecule has 7 N–H and O–H groups in total. The fourth-order valence-corrected chi connectivity index (χ4v) is 2.96. The second-order valence-electron chi connectivity index (χ2n) is 7.69. The maximum absolute atomic E-state index is 13.0. The number of rotatable bonds is 13. The third-order valence-corrected chi connectivity index (χ3v) is 5.39. The lowest BCUT2D eigenvalue weighted by atomic mass is 9.97. The molecule has 0 aliphatic rings. The number of H-pyrrole nitrogens is 1. The molecule has 0 aromatic carbocycles. The van der Waals surface area contributed by atoms with Crippen LogP contribution in [0.2, 0.25) is 0 Å². The van der Waals surface area contributed by atoms with Crippen molar-refractivity contribution in [3.05, 3.63) is 18.2 Å². The summed E-state index contributed by atoms with van der Waals surface area (Å²) in [6.45, 7) is 6.95. The molecule has 11 heteroatoms. The first-order chi connectivity index (χ1) is 14.6. The molecule has 0 radical (unpaired) electrons. The Balaban J connectivity index is 3.08. The van der Waals surface area contributed by atoms with Gasteiger partial charge in [-0.3, -0.25) is 14.4 Å². The topological polar surface area (TPSA) is 179 Å². The highest BCUT2D eigenvalue weighted by Gasteiger charge is 2.33. The van der Waals surface area contributed by atoms with Crippen LogP contribution in [0.4, 0.5) is 0 Å². The van der Waals surface area contributed by atoms with E-state index in [2.05, 4.69) is 25.9 Å². The summed E-state index contributed by atoms with van der Waals surface area (Å²) in [5, 5.41) is 17.2. The predicted octanol–water partition coefficient (Wildman–Crippen LogP) is -0.458. The number of nitrogens with zero attached hydrogens (tertiary/aromatic N) is 1. The molecule has 0 bridgehead atoms. The maximum atomic E-state index is 13.0. The van der Waals surface area contributed by atoms with Gasteiger partial charge in [-0.25, -0.2) is 9.78 Å². The number of hydrogen-bond donors (Lipinski definition) is 6. The minimum Gasteiger partial charge on any atom is -0.480 e. The summed E-state index contributed by atoms with van der Waals surface area (Å²) in [7, 11) is 0. The zero-order valence-electron chi connectivity index (χ0n) is 18.5. The van der Waals surface area contributed by atoms with Crippen molar-refractivity contribution >= 4 is 23.7 Å². The molecule has 0 fully saturated rings. The molecule has 1 rings (SSSR count). The number of hydrogen-bond acceptors (Lipinski definition) is 6. The van der Waals surface area contributed by atoms with Crippen LogP contribution in [0.3, 0.4) is 0 Å². The van der Waals surface area contributed by atoms with Gasteiger partial charge in [0.1, 0.15) is 18.1 Å². The van der Waals surface area contributed by atoms with Gasteiger partial charge >= 0.3 is 5.97 Å². The van der Waals surface area contributed by atoms with E-state index in [9.17, 15) is 24.3 Å². The van der Waals surface area contributed by atoms with Crippen molar-refractivity contribution in [1.29, 1.82) is 0 Å². The number of amides is 3. The highest BCUT2D eigenvalue weighted by Crippen LogP contribution is 2.11. The van der Waals surface area contributed by atoms with E-state index in [0.717, 1.165) is 0 Å². The van der Waals surface area contributed by atoms with Gasteiger partial charge in [-0.05, 0) is 11.8 Å². The number of carboxylic acids is 1. The van der Waals surface area contributed by atoms with Crippen LogP contribution >= 0.6 is 0 Å². The zero-order valence-corrected chi connectivity index (χ0v) is 18.5. The highest BCUT2D eigenvalue weighted by molar-refractivity contribution is 5.93. The molecule has 31 heavy (non-hydrogen) atoms. The Morgan fingerprint density at radius 1 is 1.03 bits per heavy atom. The molecular formula is C20H34N6O5. The van der Waals surface area contributed by atoms with E-state index in [4.69, 9.17) is 5.73 Å². The molecule has 1 aromatic heterocycles. The van der Waals surface area contributed by atoms with E-state index in [1.54, 1.807) is 13.8 Å². The Morgan fingerprint density at radius 2 is 1.65 bits per heavy atom. The SMILES string of the molecule is CCC(C)C(NC(=O)C(Cc1cnc[nH]1)NC(=O)C(NC(=O)CN)C(C)CC)C(=O)O. The minimum atomic E-state index is -1.15. The van der Waals surface area contributed by atoms with Crippen LogP contribution in [0.5, 0.6) is 0 Å². The predicted molar refractivity (Wildman–Crippen MR) is 114 cm³/mol. The third-order valence-electron chi connectivity index (χ3n) is 5.39. The molecule has 11 nitrogen and oxygen atoms in total. The van der Waals surface area contributed by atoms with Crippen LogP contribution in [0.1, 0.15) is 46.2 Å². The van der Waals surface area contributed by atoms with Gasteiger partial charge in [-0.2, -0.15) is 0 Å². The summed E-state index contributed by atoms with van der Waals surface area (Å²) < 4.78 is 0. The molecular weight excluding hydrogens is 404 g/mol. The monoisotopic (exact) mass is 438 g/mol. The van der Waals surface area contributed by atoms with E-state index >= 15 is 0 Å². The number of aromatic nitrogens is 2. The highest BCUT2D eigenvalue weighted by atomic mass is 16.4. The molecule has 174 valence electrons. The summed E-state index contributed by atoms with van der Waals surface area (Å²) in [5.41, 5.74) is 5.94. The molecule has 0 saturated heterocycles. The fraction of sp³-hybridized carbons (Fsp3) is 0.650. The number of aliphatic carboxylic acids is 1. The van der Waals surface area contributed by atoms with Crippen molar-refractivity contribution in [2.45, 2.75) is 65.1 Å². The number of nitrogens with two attached hydrogens (primary N) is 1. The first-order valence-corrected chi connectivity index (χ1v) is 10.4. The number of carboxylic acid groups (broad SMARTS) is 1. The molecule has 0 spiro atoms. The van der Waals surface area contributed by atoms with Crippen LogP contribution in [0, 0.1) is 11.8 Å². The Labute approximate surface area is 181 Å². The quantitative estimate of drug-likeness (QED) is 0.241. The van der Waals surface area contributed by atoms with Gasteiger partial charge in [0, 0.05) is 18.3 Å². The lowest BCUT2D eigenvalue weighted by Gasteiger charge is -2.27. The van der Waals surface area contributed by atoms with E-state index < -0.39 is 41.8 Å². The van der Waals surface area contributed by atoms with Gasteiger partial charge in [-0.1, -0.05) is 40.5 Å². The van der Waals surface area contributed by atoms with Crippen molar-refractivity contribution in [2.75, 3.05) is 6.54 Å². The van der Waals surface area contributed by atoms with Crippen molar-refractivity contribution in [2.24, 2.45) is 17.6 Å². The van der Waals surface area contributed by atoms with Crippen LogP contribution in [-0.2, 0) is 25.6 Å². The Hall–Kier alpha value is -2.95. The zero-order chi connectivity index (χ0) is 23.6. The number of aromatic amines is 1. The smallest absolute Gasteiger partial charge is 0.326 e. The maximum Gasteiger partial charge on any atom is 0.326 e. The molecule has 3 amide bonds. The number of imidazole rings is 1. The standard InChI is InChI=1S/C20H34N6O5/c1-5-11(3)16(25-15(27)8-21)19(29)24-14(7-13-9-22-10-23-13)18(28)26-17(20(30)31)12(4)6-2/h9-12,14,16-17H,5-8,21H2,1-4H3,(H,22,23)(H,24,29)(H,25,27)(H,26,28)(H,30,31). The Morgan fingerprint density at radius 3 is 2.13 bits per heavy atom. The number of carbonyl (C=O) groups excluding carboxylic acids is 3. The number of nitrogens with one attached hydrogen (secondary N) is 4. The average molecular weight is 439 g/mol. The fourth-order valence-electron chi connectivity index (χ4n) is 2.96. The summed E-state index contributed by atoms with van der Waals surface area (Å²) >= 11 is 0. The van der Waals surface area contributed by atoms with Crippen molar-refractivity contribution in [3.63, 3.8) is 0 Å². The lowest BCUT2D eigenvalue weighted by Crippen LogP contribution is -2.58. The van der Waals surface area contributed by atoms with Crippen molar-refractivity contribution in [1.82, 2.24) is 25.9 Å². The van der Waals surface area contributed by atoms with Gasteiger partial charge < -0.3 is 31.8 Å². The van der Waals surface area contributed by atoms with E-state index in [0.29, 0.717) is 18.5 Å². The van der Waals surface area contributed by atoms with Crippen molar-refractivity contribution in [3.8, 4) is 0 Å². The summed E-state index contributed by atoms with van der Waals surface area (Å²) in [5.74, 6) is -3.34. The van der Waals surface area contributed by atoms with Gasteiger partial charge in [0.2, 0.25) is 17.7 Å². The second kappa shape index (κ2) is 12.7. The number of carbonyl (C=O) groups is 4. The van der Waals surface area contributed by atoms with Gasteiger partial charge in [-0.15, -0.1) is 0 Å². The molecule has 0 aliphatic heterocycles. The van der Waals surface area contributed by atoms with Gasteiger partial charge in [0.05, 0.1) is 12.9 Å². The van der Waals surface area contributed by atoms with Crippen molar-refractivity contribution < 1.29 is 24.3 Å². The molecule has 1 heterocycles. The molecule has 0 saturated carbocycles. The van der Waals surface area contributed by atoms with Crippen LogP contribution in [-0.4, -0.2) is 63.4 Å². The third kappa shape index (κ3) is 8.00. The summed E-state index contributed by atoms with van der Waals surface area (Å²) in [4.78, 5) is 56.1. The normalized spacial score (nSPS) is 15.8. The van der Waals surface area contributed by atoms with Crippen LogP contribution < -0.4 is 21.7 Å². The molecule has 5 atom stereocenters.